The number of benzene rings is 2. The Morgan fingerprint density at radius 1 is 1.13 bits per heavy atom. The fourth-order valence-corrected chi connectivity index (χ4v) is 3.49. The minimum absolute atomic E-state index is 0.121. The van der Waals surface area contributed by atoms with Crippen LogP contribution in [0.1, 0.15) is 11.1 Å². The number of rotatable bonds is 4. The van der Waals surface area contributed by atoms with Crippen molar-refractivity contribution in [2.24, 2.45) is 10.1 Å². The van der Waals surface area contributed by atoms with Gasteiger partial charge in [-0.25, -0.2) is 4.39 Å². The van der Waals surface area contributed by atoms with Gasteiger partial charge in [-0.2, -0.15) is 28.3 Å². The molecule has 31 heavy (non-hydrogen) atoms. The van der Waals surface area contributed by atoms with Crippen molar-refractivity contribution >= 4 is 39.8 Å². The summed E-state index contributed by atoms with van der Waals surface area (Å²) in [4.78, 5) is 16.0. The number of nitrogens with zero attached hydrogens (tertiary/aromatic N) is 3. The lowest BCUT2D eigenvalue weighted by molar-refractivity contribution is -0.114. The second kappa shape index (κ2) is 7.99. The minimum atomic E-state index is -4.71. The Morgan fingerprint density at radius 2 is 1.84 bits per heavy atom. The number of alkyl halides is 3. The van der Waals surface area contributed by atoms with Gasteiger partial charge in [-0.15, -0.1) is 0 Å². The van der Waals surface area contributed by atoms with Gasteiger partial charge in [0.1, 0.15) is 18.2 Å². The van der Waals surface area contributed by atoms with Crippen LogP contribution in [-0.4, -0.2) is 33.1 Å². The van der Waals surface area contributed by atoms with Gasteiger partial charge in [0.2, 0.25) is 10.2 Å². The third kappa shape index (κ3) is 4.36. The van der Waals surface area contributed by atoms with Gasteiger partial charge in [0.05, 0.1) is 5.57 Å². The molecule has 0 unspecified atom stereocenters. The molecular weight excluding hydrogens is 436 g/mol. The van der Waals surface area contributed by atoms with E-state index in [2.05, 4.69) is 10.1 Å². The Kier molecular flexibility index (Phi) is 5.36. The fraction of sp³-hybridized carbons (Fsp3) is 0.100. The molecule has 11 heteroatoms. The number of ether oxygens (including phenoxy) is 1. The molecule has 2 aliphatic rings. The highest BCUT2D eigenvalue weighted by Gasteiger charge is 2.46. The third-order valence-corrected chi connectivity index (χ3v) is 5.18. The topological polar surface area (TPSA) is 78.1 Å². The van der Waals surface area contributed by atoms with E-state index in [9.17, 15) is 22.4 Å². The summed E-state index contributed by atoms with van der Waals surface area (Å²) in [6, 6.07) is 12.4. The molecule has 2 heterocycles. The zero-order chi connectivity index (χ0) is 22.2. The first kappa shape index (κ1) is 20.8. The van der Waals surface area contributed by atoms with Gasteiger partial charge in [-0.3, -0.25) is 10.2 Å². The summed E-state index contributed by atoms with van der Waals surface area (Å²) in [6.45, 7) is 0.121. The number of hydrogen-bond acceptors (Lipinski definition) is 5. The standard InChI is InChI=1S/C20H12F4N4O2S/c21-13-7-5-11(6-8-13)10-30-15-4-2-1-3-12(15)9-14-16(25)28-19(26-17(14)29)31-18(27-28)20(22,23)24/h1-9,25H,10H2/b14-9-,25-16?. The molecule has 0 bridgehead atoms. The SMILES string of the molecule is N=C1/C(=C/c2ccccc2OCc2ccc(F)cc2)C(=O)N=C2SC(C(F)(F)F)=NN12. The molecule has 0 saturated carbocycles. The largest absolute Gasteiger partial charge is 0.488 e. The van der Waals surface area contributed by atoms with Gasteiger partial charge >= 0.3 is 6.18 Å². The Hall–Kier alpha value is -3.47. The number of thioether (sulfide) groups is 1. The summed E-state index contributed by atoms with van der Waals surface area (Å²) in [7, 11) is 0. The van der Waals surface area contributed by atoms with Crippen LogP contribution >= 0.6 is 11.8 Å². The highest BCUT2D eigenvalue weighted by Crippen LogP contribution is 2.35. The Labute approximate surface area is 177 Å². The summed E-state index contributed by atoms with van der Waals surface area (Å²) >= 11 is 0.188. The van der Waals surface area contributed by atoms with Crippen molar-refractivity contribution in [3.05, 3.63) is 71.0 Å². The van der Waals surface area contributed by atoms with Gasteiger partial charge in [-0.05, 0) is 41.6 Å². The number of nitrogens with one attached hydrogen (secondary N) is 1. The van der Waals surface area contributed by atoms with Crippen LogP contribution in [0.15, 0.2) is 64.2 Å². The number of amides is 1. The first-order valence-corrected chi connectivity index (χ1v) is 9.58. The summed E-state index contributed by atoms with van der Waals surface area (Å²) in [6.07, 6.45) is -3.39. The van der Waals surface area contributed by atoms with Crippen molar-refractivity contribution in [3.63, 3.8) is 0 Å². The molecule has 0 aliphatic carbocycles. The maximum atomic E-state index is 13.0. The molecule has 0 spiro atoms. The lowest BCUT2D eigenvalue weighted by Crippen LogP contribution is -2.35. The highest BCUT2D eigenvalue weighted by atomic mass is 32.2. The predicted molar refractivity (Wildman–Crippen MR) is 108 cm³/mol. The van der Waals surface area contributed by atoms with Crippen molar-refractivity contribution < 1.29 is 27.1 Å². The molecule has 2 aromatic rings. The predicted octanol–water partition coefficient (Wildman–Crippen LogP) is 4.59. The first-order chi connectivity index (χ1) is 14.7. The van der Waals surface area contributed by atoms with E-state index in [4.69, 9.17) is 10.1 Å². The zero-order valence-corrected chi connectivity index (χ0v) is 16.3. The molecule has 1 amide bonds. The lowest BCUT2D eigenvalue weighted by atomic mass is 10.1. The van der Waals surface area contributed by atoms with Gasteiger partial charge in [-0.1, -0.05) is 30.3 Å². The number of para-hydroxylation sites is 1. The third-order valence-electron chi connectivity index (χ3n) is 4.22. The Morgan fingerprint density at radius 3 is 2.55 bits per heavy atom. The van der Waals surface area contributed by atoms with E-state index >= 15 is 0 Å². The van der Waals surface area contributed by atoms with E-state index in [1.165, 1.54) is 18.2 Å². The van der Waals surface area contributed by atoms with Gasteiger partial charge < -0.3 is 4.74 Å². The number of carbonyl (C=O) groups is 1. The first-order valence-electron chi connectivity index (χ1n) is 8.76. The normalized spacial score (nSPS) is 17.5. The van der Waals surface area contributed by atoms with Crippen molar-refractivity contribution in [1.82, 2.24) is 5.01 Å². The molecule has 2 aromatic carbocycles. The number of fused-ring (bicyclic) bond motifs is 1. The molecule has 2 aliphatic heterocycles. The highest BCUT2D eigenvalue weighted by molar-refractivity contribution is 8.27. The monoisotopic (exact) mass is 448 g/mol. The van der Waals surface area contributed by atoms with Crippen LogP contribution in [0, 0.1) is 11.2 Å². The zero-order valence-electron chi connectivity index (χ0n) is 15.5. The van der Waals surface area contributed by atoms with Crippen LogP contribution in [0.25, 0.3) is 6.08 Å². The smallest absolute Gasteiger partial charge is 0.441 e. The average molecular weight is 448 g/mol. The number of amidine groups is 2. The van der Waals surface area contributed by atoms with E-state index in [0.29, 0.717) is 21.9 Å². The number of hydrogen-bond donors (Lipinski definition) is 1. The van der Waals surface area contributed by atoms with Gasteiger partial charge in [0.25, 0.3) is 5.91 Å². The fourth-order valence-electron chi connectivity index (χ4n) is 2.74. The van der Waals surface area contributed by atoms with E-state index < -0.39 is 23.0 Å². The number of aliphatic imine (C=N–C) groups is 1. The second-order valence-corrected chi connectivity index (χ2v) is 7.33. The van der Waals surface area contributed by atoms with Crippen molar-refractivity contribution in [1.29, 1.82) is 5.41 Å². The quantitative estimate of drug-likeness (QED) is 0.549. The molecule has 0 fully saturated rings. The number of hydrazone groups is 1. The van der Waals surface area contributed by atoms with E-state index in [1.807, 2.05) is 0 Å². The molecule has 0 aromatic heterocycles. The van der Waals surface area contributed by atoms with Crippen molar-refractivity contribution in [2.75, 3.05) is 0 Å². The molecule has 158 valence electrons. The summed E-state index contributed by atoms with van der Waals surface area (Å²) in [5, 5.41) is 10.7. The van der Waals surface area contributed by atoms with Crippen LogP contribution in [-0.2, 0) is 11.4 Å². The van der Waals surface area contributed by atoms with E-state index in [-0.39, 0.29) is 34.9 Å². The van der Waals surface area contributed by atoms with Crippen LogP contribution in [0.2, 0.25) is 0 Å². The molecule has 4 rings (SSSR count). The van der Waals surface area contributed by atoms with E-state index in [0.717, 1.165) is 0 Å². The maximum absolute atomic E-state index is 13.0. The van der Waals surface area contributed by atoms with Crippen molar-refractivity contribution in [3.8, 4) is 5.75 Å². The molecular formula is C20H12F4N4O2S. The van der Waals surface area contributed by atoms with Crippen LogP contribution in [0.3, 0.4) is 0 Å². The Bertz CT molecular complexity index is 1160. The van der Waals surface area contributed by atoms with Crippen LogP contribution in [0.5, 0.6) is 5.75 Å². The lowest BCUT2D eigenvalue weighted by Gasteiger charge is -2.20. The van der Waals surface area contributed by atoms with Crippen molar-refractivity contribution in [2.45, 2.75) is 12.8 Å². The molecule has 1 N–H and O–H groups in total. The molecule has 0 saturated heterocycles. The van der Waals surface area contributed by atoms with Crippen LogP contribution in [0.4, 0.5) is 17.6 Å². The molecule has 0 radical (unpaired) electrons. The molecule has 6 nitrogen and oxygen atoms in total. The average Bonchev–Trinajstić information content (AvgIpc) is 3.16. The van der Waals surface area contributed by atoms with E-state index in [1.54, 1.807) is 36.4 Å². The number of carbonyl (C=O) groups excluding carboxylic acids is 1. The Balaban J connectivity index is 1.60. The summed E-state index contributed by atoms with van der Waals surface area (Å²) in [5.74, 6) is -1.38. The summed E-state index contributed by atoms with van der Waals surface area (Å²) in [5.41, 5.74) is 0.903. The van der Waals surface area contributed by atoms with Gasteiger partial charge in [0, 0.05) is 5.56 Å². The second-order valence-electron chi connectivity index (χ2n) is 6.38. The van der Waals surface area contributed by atoms with Crippen LogP contribution < -0.4 is 4.74 Å². The van der Waals surface area contributed by atoms with Gasteiger partial charge in [0.15, 0.2) is 5.84 Å². The molecule has 0 atom stereocenters. The number of halogens is 4. The minimum Gasteiger partial charge on any atom is -0.488 e. The maximum Gasteiger partial charge on any atom is 0.441 e. The summed E-state index contributed by atoms with van der Waals surface area (Å²) < 4.78 is 57.6.